The first-order chi connectivity index (χ1) is 8.78. The zero-order chi connectivity index (χ0) is 12.2. The minimum atomic E-state index is -0.441. The van der Waals surface area contributed by atoms with E-state index in [4.69, 9.17) is 15.5 Å². The molecule has 1 atom stereocenters. The number of pyridine rings is 1. The molecule has 1 unspecified atom stereocenters. The molecule has 0 aromatic carbocycles. The lowest BCUT2D eigenvalue weighted by molar-refractivity contribution is 0.175. The molecule has 5 nitrogen and oxygen atoms in total. The molecule has 3 heterocycles. The van der Waals surface area contributed by atoms with Gasteiger partial charge in [0.25, 0.3) is 0 Å². The van der Waals surface area contributed by atoms with Crippen molar-refractivity contribution in [2.75, 3.05) is 13.2 Å². The van der Waals surface area contributed by atoms with Crippen LogP contribution in [-0.4, -0.2) is 27.7 Å². The van der Waals surface area contributed by atoms with E-state index < -0.39 is 5.54 Å². The van der Waals surface area contributed by atoms with Crippen LogP contribution in [0.4, 0.5) is 0 Å². The molecular formula is C13H16N4O. The number of rotatable bonds is 2. The third-order valence-electron chi connectivity index (χ3n) is 3.86. The summed E-state index contributed by atoms with van der Waals surface area (Å²) in [7, 11) is 0. The van der Waals surface area contributed by atoms with Gasteiger partial charge in [-0.05, 0) is 31.4 Å². The van der Waals surface area contributed by atoms with Crippen LogP contribution in [0.1, 0.15) is 31.1 Å². The Morgan fingerprint density at radius 2 is 2.33 bits per heavy atom. The first-order valence-corrected chi connectivity index (χ1v) is 6.48. The van der Waals surface area contributed by atoms with Crippen molar-refractivity contribution < 1.29 is 4.74 Å². The van der Waals surface area contributed by atoms with Gasteiger partial charge in [0.15, 0.2) is 5.65 Å². The summed E-state index contributed by atoms with van der Waals surface area (Å²) in [5.74, 6) is 0.955. The summed E-state index contributed by atoms with van der Waals surface area (Å²) in [6.07, 6.45) is 5.06. The lowest BCUT2D eigenvalue weighted by atomic mass is 9.99. The summed E-state index contributed by atoms with van der Waals surface area (Å²) >= 11 is 0. The van der Waals surface area contributed by atoms with Gasteiger partial charge in [0, 0.05) is 18.8 Å². The van der Waals surface area contributed by atoms with E-state index in [1.165, 1.54) is 12.8 Å². The number of fused-ring (bicyclic) bond motifs is 1. The van der Waals surface area contributed by atoms with Crippen molar-refractivity contribution in [2.24, 2.45) is 5.73 Å². The van der Waals surface area contributed by atoms with Gasteiger partial charge in [-0.1, -0.05) is 0 Å². The van der Waals surface area contributed by atoms with Crippen LogP contribution >= 0.6 is 0 Å². The lowest BCUT2D eigenvalue weighted by Crippen LogP contribution is -2.40. The number of ether oxygens (including phenoxy) is 1. The SMILES string of the molecule is NC1(c2nc3cccnc3n2C2CC2)CCOC1. The second-order valence-electron chi connectivity index (χ2n) is 5.34. The van der Waals surface area contributed by atoms with E-state index in [9.17, 15) is 0 Å². The number of imidazole rings is 1. The van der Waals surface area contributed by atoms with Crippen LogP contribution in [0.25, 0.3) is 11.2 Å². The minimum absolute atomic E-state index is 0.441. The Balaban J connectivity index is 1.96. The molecule has 1 saturated carbocycles. The van der Waals surface area contributed by atoms with Gasteiger partial charge < -0.3 is 15.0 Å². The smallest absolute Gasteiger partial charge is 0.160 e. The quantitative estimate of drug-likeness (QED) is 0.865. The highest BCUT2D eigenvalue weighted by atomic mass is 16.5. The summed E-state index contributed by atoms with van der Waals surface area (Å²) in [5, 5.41) is 0. The zero-order valence-corrected chi connectivity index (χ0v) is 10.2. The maximum atomic E-state index is 6.47. The number of aromatic nitrogens is 3. The van der Waals surface area contributed by atoms with Gasteiger partial charge in [-0.25, -0.2) is 9.97 Å². The number of nitrogens with zero attached hydrogens (tertiary/aromatic N) is 3. The Kier molecular flexibility index (Phi) is 2.05. The summed E-state index contributed by atoms with van der Waals surface area (Å²) in [5.41, 5.74) is 7.94. The Hall–Kier alpha value is -1.46. The molecule has 2 aliphatic rings. The maximum absolute atomic E-state index is 6.47. The van der Waals surface area contributed by atoms with Crippen molar-refractivity contribution in [3.63, 3.8) is 0 Å². The van der Waals surface area contributed by atoms with Gasteiger partial charge >= 0.3 is 0 Å². The maximum Gasteiger partial charge on any atom is 0.160 e. The van der Waals surface area contributed by atoms with Crippen molar-refractivity contribution in [3.8, 4) is 0 Å². The Labute approximate surface area is 105 Å². The number of nitrogens with two attached hydrogens (primary N) is 1. The fraction of sp³-hybridized carbons (Fsp3) is 0.538. The molecule has 0 spiro atoms. The molecule has 0 amide bonds. The van der Waals surface area contributed by atoms with Crippen LogP contribution in [0.2, 0.25) is 0 Å². The molecule has 1 aliphatic carbocycles. The molecule has 0 bridgehead atoms. The predicted molar refractivity (Wildman–Crippen MR) is 67.1 cm³/mol. The Morgan fingerprint density at radius 3 is 3.06 bits per heavy atom. The molecule has 0 radical (unpaired) electrons. The fourth-order valence-electron chi connectivity index (χ4n) is 2.72. The standard InChI is InChI=1S/C13H16N4O/c14-13(5-7-18-8-13)12-16-10-2-1-6-15-11(10)17(12)9-3-4-9/h1-2,6,9H,3-5,7-8,14H2. The Morgan fingerprint density at radius 1 is 1.44 bits per heavy atom. The summed E-state index contributed by atoms with van der Waals surface area (Å²) in [6, 6.07) is 4.45. The fourth-order valence-corrected chi connectivity index (χ4v) is 2.72. The second-order valence-corrected chi connectivity index (χ2v) is 5.34. The summed E-state index contributed by atoms with van der Waals surface area (Å²) in [6.45, 7) is 1.28. The van der Waals surface area contributed by atoms with E-state index in [1.54, 1.807) is 0 Å². The molecular weight excluding hydrogens is 228 g/mol. The second kappa shape index (κ2) is 3.52. The van der Waals surface area contributed by atoms with Crippen molar-refractivity contribution in [1.82, 2.24) is 14.5 Å². The zero-order valence-electron chi connectivity index (χ0n) is 10.2. The lowest BCUT2D eigenvalue weighted by Gasteiger charge is -2.22. The van der Waals surface area contributed by atoms with Crippen molar-refractivity contribution in [3.05, 3.63) is 24.2 Å². The van der Waals surface area contributed by atoms with Crippen LogP contribution < -0.4 is 5.73 Å². The molecule has 2 N–H and O–H groups in total. The van der Waals surface area contributed by atoms with E-state index in [0.29, 0.717) is 12.6 Å². The molecule has 5 heteroatoms. The highest BCUT2D eigenvalue weighted by Crippen LogP contribution is 2.41. The van der Waals surface area contributed by atoms with Crippen molar-refractivity contribution in [2.45, 2.75) is 30.8 Å². The van der Waals surface area contributed by atoms with Crippen molar-refractivity contribution >= 4 is 11.2 Å². The molecule has 94 valence electrons. The molecule has 2 aromatic rings. The summed E-state index contributed by atoms with van der Waals surface area (Å²) in [4.78, 5) is 9.19. The highest BCUT2D eigenvalue weighted by Gasteiger charge is 2.40. The van der Waals surface area contributed by atoms with Gasteiger partial charge in [0.1, 0.15) is 16.9 Å². The first-order valence-electron chi connectivity index (χ1n) is 6.48. The average Bonchev–Trinajstić information content (AvgIpc) is 2.99. The van der Waals surface area contributed by atoms with E-state index in [-0.39, 0.29) is 0 Å². The molecule has 18 heavy (non-hydrogen) atoms. The normalized spacial score (nSPS) is 28.1. The third kappa shape index (κ3) is 1.41. The molecule has 2 aromatic heterocycles. The van der Waals surface area contributed by atoms with Gasteiger partial charge in [0.2, 0.25) is 0 Å². The average molecular weight is 244 g/mol. The van der Waals surface area contributed by atoms with Crippen LogP contribution in [0, 0.1) is 0 Å². The van der Waals surface area contributed by atoms with Gasteiger partial charge in [-0.3, -0.25) is 0 Å². The van der Waals surface area contributed by atoms with Gasteiger partial charge in [-0.2, -0.15) is 0 Å². The molecule has 2 fully saturated rings. The molecule has 1 saturated heterocycles. The van der Waals surface area contributed by atoms with Crippen LogP contribution in [-0.2, 0) is 10.3 Å². The van der Waals surface area contributed by atoms with Crippen LogP contribution in [0.5, 0.6) is 0 Å². The van der Waals surface area contributed by atoms with Gasteiger partial charge in [-0.15, -0.1) is 0 Å². The van der Waals surface area contributed by atoms with E-state index in [2.05, 4.69) is 9.55 Å². The topological polar surface area (TPSA) is 66.0 Å². The van der Waals surface area contributed by atoms with E-state index in [1.807, 2.05) is 18.3 Å². The van der Waals surface area contributed by atoms with Crippen LogP contribution in [0.15, 0.2) is 18.3 Å². The minimum Gasteiger partial charge on any atom is -0.379 e. The first kappa shape index (κ1) is 10.5. The van der Waals surface area contributed by atoms with E-state index >= 15 is 0 Å². The predicted octanol–water partition coefficient (Wildman–Crippen LogP) is 1.34. The number of hydrogen-bond donors (Lipinski definition) is 1. The molecule has 1 aliphatic heterocycles. The van der Waals surface area contributed by atoms with Gasteiger partial charge in [0.05, 0.1) is 6.61 Å². The highest BCUT2D eigenvalue weighted by molar-refractivity contribution is 5.72. The Bertz CT molecular complexity index is 596. The van der Waals surface area contributed by atoms with Crippen LogP contribution in [0.3, 0.4) is 0 Å². The monoisotopic (exact) mass is 244 g/mol. The number of hydrogen-bond acceptors (Lipinski definition) is 4. The van der Waals surface area contributed by atoms with Crippen molar-refractivity contribution in [1.29, 1.82) is 0 Å². The van der Waals surface area contributed by atoms with E-state index in [0.717, 1.165) is 30.0 Å². The molecule has 4 rings (SSSR count). The third-order valence-corrected chi connectivity index (χ3v) is 3.86. The largest absolute Gasteiger partial charge is 0.379 e. The summed E-state index contributed by atoms with van der Waals surface area (Å²) < 4.78 is 7.71.